The number of unbranched alkanes of at least 4 members (excludes halogenated alkanes) is 3. The minimum atomic E-state index is -1.06. The van der Waals surface area contributed by atoms with Crippen molar-refractivity contribution in [3.05, 3.63) is 102 Å². The van der Waals surface area contributed by atoms with E-state index in [0.29, 0.717) is 70.3 Å². The average Bonchev–Trinajstić information content (AvgIpc) is 3.25. The molecule has 0 aliphatic rings. The fourth-order valence-electron chi connectivity index (χ4n) is 6.08. The molecule has 336 valence electrons. The molecule has 1 atom stereocenters. The van der Waals surface area contributed by atoms with Crippen molar-refractivity contribution in [1.29, 1.82) is 0 Å². The molecular weight excluding hydrogens is 778 g/mol. The van der Waals surface area contributed by atoms with Crippen molar-refractivity contribution in [2.24, 2.45) is 0 Å². The maximum Gasteiger partial charge on any atom is 0.305 e. The largest absolute Gasteiger partial charge is 0.493 e. The van der Waals surface area contributed by atoms with Gasteiger partial charge in [-0.15, -0.1) is 0 Å². The van der Waals surface area contributed by atoms with Crippen molar-refractivity contribution in [2.75, 3.05) is 59.3 Å². The molecule has 0 saturated carbocycles. The second kappa shape index (κ2) is 31.8. The van der Waals surface area contributed by atoms with Crippen LogP contribution in [0.1, 0.15) is 105 Å². The van der Waals surface area contributed by atoms with Crippen LogP contribution >= 0.6 is 0 Å². The number of fused-ring (bicyclic) bond motifs is 1. The Morgan fingerprint density at radius 1 is 0.721 bits per heavy atom. The number of benzene rings is 3. The number of aliphatic carboxylic acids is 1. The van der Waals surface area contributed by atoms with Crippen LogP contribution < -0.4 is 20.7 Å². The van der Waals surface area contributed by atoms with Gasteiger partial charge in [-0.25, -0.2) is 4.39 Å². The summed E-state index contributed by atoms with van der Waals surface area (Å²) in [6.45, 7) is 16.3. The number of amides is 2. The van der Waals surface area contributed by atoms with Gasteiger partial charge in [0.15, 0.2) is 0 Å². The Labute approximate surface area is 363 Å². The average molecular weight is 848 g/mol. The molecule has 0 saturated heterocycles. The lowest BCUT2D eigenvalue weighted by Gasteiger charge is -2.19. The number of allylic oxidation sites excluding steroid dienone is 6. The van der Waals surface area contributed by atoms with Gasteiger partial charge >= 0.3 is 5.97 Å². The van der Waals surface area contributed by atoms with Crippen molar-refractivity contribution in [2.45, 2.75) is 99.0 Å². The van der Waals surface area contributed by atoms with E-state index in [9.17, 15) is 23.9 Å². The maximum absolute atomic E-state index is 13.9. The molecule has 12 heteroatoms. The molecule has 0 aromatic heterocycles. The van der Waals surface area contributed by atoms with Gasteiger partial charge in [0.2, 0.25) is 11.8 Å². The molecule has 0 aliphatic carbocycles. The summed E-state index contributed by atoms with van der Waals surface area (Å²) in [4.78, 5) is 37.0. The Balaban J connectivity index is 0.00000631. The van der Waals surface area contributed by atoms with Crippen LogP contribution in [-0.2, 0) is 28.6 Å². The number of carbonyl (C=O) groups excluding carboxylic acids is 2. The van der Waals surface area contributed by atoms with Crippen molar-refractivity contribution < 1.29 is 42.8 Å². The highest BCUT2D eigenvalue weighted by molar-refractivity contribution is 6.00. The highest BCUT2D eigenvalue weighted by Gasteiger charge is 2.19. The van der Waals surface area contributed by atoms with Crippen molar-refractivity contribution in [1.82, 2.24) is 16.0 Å². The lowest BCUT2D eigenvalue weighted by molar-refractivity contribution is -0.138. The van der Waals surface area contributed by atoms with Crippen LogP contribution in [0.25, 0.3) is 21.9 Å². The molecule has 3 aromatic rings. The lowest BCUT2D eigenvalue weighted by Crippen LogP contribution is -2.39. The molecule has 0 fully saturated rings. The van der Waals surface area contributed by atoms with E-state index in [1.54, 1.807) is 13.0 Å². The molecule has 0 bridgehead atoms. The quantitative estimate of drug-likeness (QED) is 0.0381. The summed E-state index contributed by atoms with van der Waals surface area (Å²) < 4.78 is 36.7. The predicted octanol–water partition coefficient (Wildman–Crippen LogP) is 9.77. The summed E-state index contributed by atoms with van der Waals surface area (Å²) >= 11 is 0. The van der Waals surface area contributed by atoms with Crippen LogP contribution in [0.2, 0.25) is 0 Å². The molecule has 4 N–H and O–H groups in total. The first-order valence-corrected chi connectivity index (χ1v) is 21.8. The Morgan fingerprint density at radius 2 is 1.38 bits per heavy atom. The van der Waals surface area contributed by atoms with Gasteiger partial charge < -0.3 is 40.0 Å². The molecule has 0 heterocycles. The van der Waals surface area contributed by atoms with E-state index in [0.717, 1.165) is 65.5 Å². The minimum absolute atomic E-state index is 0.220. The molecule has 0 spiro atoms. The Bertz CT molecular complexity index is 1820. The first kappa shape index (κ1) is 52.1. The van der Waals surface area contributed by atoms with E-state index in [1.807, 2.05) is 82.3 Å². The fourth-order valence-corrected chi connectivity index (χ4v) is 6.08. The van der Waals surface area contributed by atoms with Crippen LogP contribution in [0, 0.1) is 0 Å². The molecule has 0 radical (unpaired) electrons. The summed E-state index contributed by atoms with van der Waals surface area (Å²) in [5, 5.41) is 20.1. The van der Waals surface area contributed by atoms with Crippen molar-refractivity contribution in [3.63, 3.8) is 0 Å². The Morgan fingerprint density at radius 3 is 2.05 bits per heavy atom. The predicted molar refractivity (Wildman–Crippen MR) is 243 cm³/mol. The van der Waals surface area contributed by atoms with E-state index >= 15 is 0 Å². The molecule has 61 heavy (non-hydrogen) atoms. The number of hydrogen-bond acceptors (Lipinski definition) is 8. The number of carboxylic acids is 1. The van der Waals surface area contributed by atoms with E-state index in [2.05, 4.69) is 28.9 Å². The standard InChI is InChI=1S/C47H64FN3O8.C2H6/c1-5-25-56-28-30-58-31-29-57-26-11-6-12-27-59-44-23-22-40(41-13-7-8-14-42(41)44)37-17-19-38(20-18-37)43(33-47(54)55)51-46(53)34-50-45(52)15-9-10-24-49-36(4)32-39(48)21-16-35(2)3;1-2/h7-8,13-14,16-23,32,43,49H,5-6,9-12,15,24-31,33-34H2,1-4H3,(H,50,52)(H,51,53)(H,54,55);1-2H3/b36-32+,39-21+;/t43-;/m0./s1. The molecule has 0 aliphatic heterocycles. The molecule has 2 amide bonds. The number of nitrogens with one attached hydrogen (secondary N) is 3. The minimum Gasteiger partial charge on any atom is -0.493 e. The van der Waals surface area contributed by atoms with Gasteiger partial charge in [-0.3, -0.25) is 14.4 Å². The maximum atomic E-state index is 13.9. The zero-order valence-electron chi connectivity index (χ0n) is 37.3. The number of carbonyl (C=O) groups is 3. The molecule has 11 nitrogen and oxygen atoms in total. The third-order valence-corrected chi connectivity index (χ3v) is 9.12. The zero-order chi connectivity index (χ0) is 44.7. The first-order valence-electron chi connectivity index (χ1n) is 21.8. The molecule has 3 aromatic carbocycles. The van der Waals surface area contributed by atoms with E-state index in [1.165, 1.54) is 12.2 Å². The van der Waals surface area contributed by atoms with Gasteiger partial charge in [-0.2, -0.15) is 0 Å². The highest BCUT2D eigenvalue weighted by Crippen LogP contribution is 2.35. The van der Waals surface area contributed by atoms with Crippen molar-refractivity contribution in [3.8, 4) is 16.9 Å². The van der Waals surface area contributed by atoms with E-state index in [-0.39, 0.29) is 31.1 Å². The molecule has 3 rings (SSSR count). The van der Waals surface area contributed by atoms with Crippen LogP contribution in [0.15, 0.2) is 96.0 Å². The van der Waals surface area contributed by atoms with Crippen LogP contribution in [0.3, 0.4) is 0 Å². The molecule has 0 unspecified atom stereocenters. The summed E-state index contributed by atoms with van der Waals surface area (Å²) in [5.74, 6) is -1.37. The van der Waals surface area contributed by atoms with Crippen LogP contribution in [-0.4, -0.2) is 82.2 Å². The number of ether oxygens (including phenoxy) is 4. The van der Waals surface area contributed by atoms with E-state index < -0.39 is 17.9 Å². The number of carboxylic acid groups (broad SMARTS) is 1. The van der Waals surface area contributed by atoms with Crippen LogP contribution in [0.4, 0.5) is 4.39 Å². The van der Waals surface area contributed by atoms with E-state index in [4.69, 9.17) is 18.9 Å². The van der Waals surface area contributed by atoms with Gasteiger partial charge in [-0.1, -0.05) is 87.0 Å². The topological polar surface area (TPSA) is 144 Å². The summed E-state index contributed by atoms with van der Waals surface area (Å²) in [5.41, 5.74) is 4.25. The SMILES string of the molecule is CC.CCCOCCOCCOCCCCCOc1ccc(-c2ccc([C@H](CC(=O)O)NC(=O)CNC(=O)CCCCN/C(C)=C/C(F)=C\C=C(C)C)cc2)c2ccccc12. The van der Waals surface area contributed by atoms with Gasteiger partial charge in [-0.05, 0) is 99.6 Å². The first-order chi connectivity index (χ1) is 29.6. The monoisotopic (exact) mass is 848 g/mol. The highest BCUT2D eigenvalue weighted by atomic mass is 19.1. The third kappa shape index (κ3) is 22.4. The lowest BCUT2D eigenvalue weighted by atomic mass is 9.95. The normalized spacial score (nSPS) is 11.9. The van der Waals surface area contributed by atoms with Gasteiger partial charge in [0.1, 0.15) is 11.6 Å². The Kier molecular flexibility index (Phi) is 27.1. The number of halogens is 1. The van der Waals surface area contributed by atoms with Gasteiger partial charge in [0.25, 0.3) is 0 Å². The second-order valence-corrected chi connectivity index (χ2v) is 14.5. The van der Waals surface area contributed by atoms with Gasteiger partial charge in [0, 0.05) is 37.3 Å². The van der Waals surface area contributed by atoms with Crippen molar-refractivity contribution >= 4 is 28.6 Å². The fraction of sp³-hybridized carbons (Fsp3) is 0.490. The van der Waals surface area contributed by atoms with Crippen LogP contribution in [0.5, 0.6) is 5.75 Å². The summed E-state index contributed by atoms with van der Waals surface area (Å²) in [6.07, 6.45) is 9.55. The second-order valence-electron chi connectivity index (χ2n) is 14.5. The summed E-state index contributed by atoms with van der Waals surface area (Å²) in [7, 11) is 0. The third-order valence-electron chi connectivity index (χ3n) is 9.12. The number of hydrogen-bond donors (Lipinski definition) is 4. The number of rotatable bonds is 30. The molecular formula is C49H70FN3O8. The Hall–Kier alpha value is -5.04. The van der Waals surface area contributed by atoms with Gasteiger partial charge in [0.05, 0.1) is 52.0 Å². The smallest absolute Gasteiger partial charge is 0.305 e. The summed E-state index contributed by atoms with van der Waals surface area (Å²) in [6, 6.07) is 18.8. The zero-order valence-corrected chi connectivity index (χ0v) is 37.3.